The van der Waals surface area contributed by atoms with Crippen LogP contribution in [0.25, 0.3) is 10.4 Å². The van der Waals surface area contributed by atoms with E-state index >= 15 is 0 Å². The van der Waals surface area contributed by atoms with Crippen molar-refractivity contribution in [1.29, 1.82) is 5.26 Å². The summed E-state index contributed by atoms with van der Waals surface area (Å²) in [6.45, 7) is 5.51. The van der Waals surface area contributed by atoms with Crippen LogP contribution in [0.2, 0.25) is 0 Å². The van der Waals surface area contributed by atoms with Crippen LogP contribution in [0.1, 0.15) is 39.5 Å². The second kappa shape index (κ2) is 5.20. The number of nitrogens with zero attached hydrogens (tertiary/aromatic N) is 4. The topological polar surface area (TPSA) is 84.6 Å². The van der Waals surface area contributed by atoms with Crippen molar-refractivity contribution >= 4 is 0 Å². The normalized spacial score (nSPS) is 27.1. The van der Waals surface area contributed by atoms with Gasteiger partial charge in [0.2, 0.25) is 0 Å². The molecule has 1 aliphatic carbocycles. The third-order valence-electron chi connectivity index (χ3n) is 3.62. The maximum absolute atomic E-state index is 9.36. The maximum Gasteiger partial charge on any atom is 0.111 e. The zero-order valence-corrected chi connectivity index (χ0v) is 10.0. The number of hydrogen-bond donors (Lipinski definition) is 1. The lowest BCUT2D eigenvalue weighted by Crippen LogP contribution is -2.52. The summed E-state index contributed by atoms with van der Waals surface area (Å²) in [4.78, 5) is 2.70. The highest BCUT2D eigenvalue weighted by atomic mass is 15.1. The maximum atomic E-state index is 9.36. The Morgan fingerprint density at radius 3 is 2.75 bits per heavy atom. The van der Waals surface area contributed by atoms with Crippen LogP contribution < -0.4 is 5.32 Å². The summed E-state index contributed by atoms with van der Waals surface area (Å²) in [5, 5.41) is 16.2. The van der Waals surface area contributed by atoms with Crippen LogP contribution in [-0.2, 0) is 0 Å². The summed E-state index contributed by atoms with van der Waals surface area (Å²) < 4.78 is 0. The van der Waals surface area contributed by atoms with Crippen molar-refractivity contribution in [2.45, 2.75) is 45.1 Å². The van der Waals surface area contributed by atoms with Gasteiger partial charge in [0.1, 0.15) is 5.54 Å². The zero-order chi connectivity index (χ0) is 12.1. The van der Waals surface area contributed by atoms with Crippen LogP contribution in [0.3, 0.4) is 0 Å². The molecule has 1 rings (SSSR count). The Bertz CT molecular complexity index is 324. The Labute approximate surface area is 96.5 Å². The Morgan fingerprint density at radius 2 is 2.25 bits per heavy atom. The fraction of sp³-hybridized carbons (Fsp3) is 0.909. The molecule has 16 heavy (non-hydrogen) atoms. The fourth-order valence-electron chi connectivity index (χ4n) is 2.42. The first kappa shape index (κ1) is 12.8. The molecule has 88 valence electrons. The molecule has 0 bridgehead atoms. The van der Waals surface area contributed by atoms with E-state index in [9.17, 15) is 5.26 Å². The molecule has 1 atom stereocenters. The molecule has 1 aliphatic rings. The Morgan fingerprint density at radius 1 is 1.50 bits per heavy atom. The Kier molecular flexibility index (Phi) is 4.17. The smallest absolute Gasteiger partial charge is 0.111 e. The molecule has 1 unspecified atom stereocenters. The molecular weight excluding hydrogens is 202 g/mol. The molecule has 1 saturated carbocycles. The standard InChI is InChI=1S/C11H19N5/c1-10(2)5-3-6-11(10,9-12)14-7-4-8-15-16-13/h14H,3-8H2,1-2H3. The van der Waals surface area contributed by atoms with Gasteiger partial charge in [0.15, 0.2) is 0 Å². The number of nitriles is 1. The average molecular weight is 221 g/mol. The highest BCUT2D eigenvalue weighted by Crippen LogP contribution is 2.45. The van der Waals surface area contributed by atoms with Gasteiger partial charge in [-0.25, -0.2) is 0 Å². The number of nitrogens with one attached hydrogen (secondary N) is 1. The third kappa shape index (κ3) is 2.46. The van der Waals surface area contributed by atoms with E-state index in [1.165, 1.54) is 0 Å². The molecule has 0 aliphatic heterocycles. The van der Waals surface area contributed by atoms with Crippen LogP contribution in [0.5, 0.6) is 0 Å². The summed E-state index contributed by atoms with van der Waals surface area (Å²) >= 11 is 0. The molecule has 0 amide bonds. The predicted octanol–water partition coefficient (Wildman–Crippen LogP) is 2.75. The minimum atomic E-state index is -0.399. The van der Waals surface area contributed by atoms with Crippen LogP contribution in [0.4, 0.5) is 0 Å². The van der Waals surface area contributed by atoms with Crippen LogP contribution >= 0.6 is 0 Å². The van der Waals surface area contributed by atoms with Gasteiger partial charge in [-0.05, 0) is 43.2 Å². The van der Waals surface area contributed by atoms with E-state index < -0.39 is 5.54 Å². The fourth-order valence-corrected chi connectivity index (χ4v) is 2.42. The summed E-state index contributed by atoms with van der Waals surface area (Å²) in [6.07, 6.45) is 3.88. The molecule has 0 heterocycles. The highest BCUT2D eigenvalue weighted by Gasteiger charge is 2.48. The molecule has 5 nitrogen and oxygen atoms in total. The first-order valence-corrected chi connectivity index (χ1v) is 5.75. The van der Waals surface area contributed by atoms with Crippen molar-refractivity contribution in [2.75, 3.05) is 13.1 Å². The van der Waals surface area contributed by atoms with Crippen molar-refractivity contribution < 1.29 is 0 Å². The molecule has 1 N–H and O–H groups in total. The highest BCUT2D eigenvalue weighted by molar-refractivity contribution is 5.18. The monoisotopic (exact) mass is 221 g/mol. The summed E-state index contributed by atoms with van der Waals surface area (Å²) in [7, 11) is 0. The third-order valence-corrected chi connectivity index (χ3v) is 3.62. The quantitative estimate of drug-likeness (QED) is 0.335. The van der Waals surface area contributed by atoms with Gasteiger partial charge < -0.3 is 0 Å². The zero-order valence-electron chi connectivity index (χ0n) is 10.0. The molecule has 5 heteroatoms. The van der Waals surface area contributed by atoms with E-state index in [1.54, 1.807) is 0 Å². The largest absolute Gasteiger partial charge is 0.299 e. The van der Waals surface area contributed by atoms with E-state index in [2.05, 4.69) is 35.3 Å². The van der Waals surface area contributed by atoms with Crippen molar-refractivity contribution in [1.82, 2.24) is 5.32 Å². The molecule has 0 spiro atoms. The van der Waals surface area contributed by atoms with Gasteiger partial charge in [-0.3, -0.25) is 5.32 Å². The van der Waals surface area contributed by atoms with Crippen molar-refractivity contribution in [3.63, 3.8) is 0 Å². The van der Waals surface area contributed by atoms with E-state index in [0.29, 0.717) is 6.54 Å². The van der Waals surface area contributed by atoms with E-state index in [1.807, 2.05) is 0 Å². The van der Waals surface area contributed by atoms with Gasteiger partial charge in [-0.15, -0.1) is 0 Å². The van der Waals surface area contributed by atoms with Gasteiger partial charge >= 0.3 is 0 Å². The van der Waals surface area contributed by atoms with Gasteiger partial charge in [0, 0.05) is 11.5 Å². The minimum Gasteiger partial charge on any atom is -0.299 e. The summed E-state index contributed by atoms with van der Waals surface area (Å²) in [5.74, 6) is 0. The predicted molar refractivity (Wildman–Crippen MR) is 62.6 cm³/mol. The van der Waals surface area contributed by atoms with E-state index in [4.69, 9.17) is 5.53 Å². The SMILES string of the molecule is CC1(C)CCCC1(C#N)NCCCN=[N+]=[N-]. The summed E-state index contributed by atoms with van der Waals surface area (Å²) in [5.41, 5.74) is 7.77. The first-order chi connectivity index (χ1) is 7.58. The van der Waals surface area contributed by atoms with Gasteiger partial charge in [-0.2, -0.15) is 5.26 Å². The Balaban J connectivity index is 2.49. The molecule has 1 fully saturated rings. The van der Waals surface area contributed by atoms with E-state index in [0.717, 1.165) is 32.2 Å². The van der Waals surface area contributed by atoms with Crippen LogP contribution in [-0.4, -0.2) is 18.6 Å². The number of hydrogen-bond acceptors (Lipinski definition) is 3. The van der Waals surface area contributed by atoms with Gasteiger partial charge in [-0.1, -0.05) is 19.0 Å². The lowest BCUT2D eigenvalue weighted by atomic mass is 9.76. The molecule has 0 aromatic rings. The molecule has 0 radical (unpaired) electrons. The molecular formula is C11H19N5. The van der Waals surface area contributed by atoms with Crippen LogP contribution in [0.15, 0.2) is 5.11 Å². The Hall–Kier alpha value is -1.24. The lowest BCUT2D eigenvalue weighted by Gasteiger charge is -2.36. The van der Waals surface area contributed by atoms with Crippen molar-refractivity contribution in [3.05, 3.63) is 10.4 Å². The van der Waals surface area contributed by atoms with Gasteiger partial charge in [0.05, 0.1) is 6.07 Å². The second-order valence-electron chi connectivity index (χ2n) is 4.99. The van der Waals surface area contributed by atoms with Crippen molar-refractivity contribution in [3.8, 4) is 6.07 Å². The van der Waals surface area contributed by atoms with E-state index in [-0.39, 0.29) is 5.41 Å². The minimum absolute atomic E-state index is 0.0280. The molecule has 0 saturated heterocycles. The van der Waals surface area contributed by atoms with Gasteiger partial charge in [0.25, 0.3) is 0 Å². The molecule has 0 aromatic carbocycles. The number of rotatable bonds is 5. The average Bonchev–Trinajstić information content (AvgIpc) is 2.54. The number of azide groups is 1. The summed E-state index contributed by atoms with van der Waals surface area (Å²) in [6, 6.07) is 2.44. The second-order valence-corrected chi connectivity index (χ2v) is 4.99. The van der Waals surface area contributed by atoms with Crippen molar-refractivity contribution in [2.24, 2.45) is 10.5 Å². The first-order valence-electron chi connectivity index (χ1n) is 5.75. The van der Waals surface area contributed by atoms with Crippen LogP contribution in [0, 0.1) is 16.7 Å². The lowest BCUT2D eigenvalue weighted by molar-refractivity contribution is 0.216. The molecule has 0 aromatic heterocycles.